The van der Waals surface area contributed by atoms with Crippen LogP contribution in [0.1, 0.15) is 34.1 Å². The van der Waals surface area contributed by atoms with Crippen molar-refractivity contribution in [3.05, 3.63) is 0 Å². The van der Waals surface area contributed by atoms with Gasteiger partial charge in [0.05, 0.1) is 5.92 Å². The van der Waals surface area contributed by atoms with Gasteiger partial charge in [-0.15, -0.1) is 0 Å². The van der Waals surface area contributed by atoms with Gasteiger partial charge in [-0.25, -0.2) is 0 Å². The van der Waals surface area contributed by atoms with Crippen molar-refractivity contribution in [3.8, 4) is 0 Å². The molecule has 0 aromatic carbocycles. The van der Waals surface area contributed by atoms with E-state index in [0.29, 0.717) is 0 Å². The summed E-state index contributed by atoms with van der Waals surface area (Å²) in [6.07, 6.45) is 0.780. The van der Waals surface area contributed by atoms with Crippen LogP contribution >= 0.6 is 0 Å². The average molecular weight is 272 g/mol. The lowest BCUT2D eigenvalue weighted by atomic mass is 9.85. The molecule has 0 aliphatic carbocycles. The molecule has 0 bridgehead atoms. The van der Waals surface area contributed by atoms with Crippen molar-refractivity contribution in [2.24, 2.45) is 11.3 Å². The Hall–Kier alpha value is -0.610. The zero-order valence-corrected chi connectivity index (χ0v) is 14.0. The number of likely N-dealkylation sites (N-methyl/N-ethyl adjacent to an activating group) is 2. The summed E-state index contributed by atoms with van der Waals surface area (Å²) in [6.45, 7) is 9.91. The van der Waals surface area contributed by atoms with Gasteiger partial charge in [-0.05, 0) is 40.0 Å². The predicted molar refractivity (Wildman–Crippen MR) is 80.2 cm³/mol. The molecule has 114 valence electrons. The monoisotopic (exact) mass is 272 g/mol. The minimum absolute atomic E-state index is 0.0492. The van der Waals surface area contributed by atoms with Gasteiger partial charge < -0.3 is 14.5 Å². The smallest absolute Gasteiger partial charge is 0.309 e. The van der Waals surface area contributed by atoms with E-state index >= 15 is 0 Å². The quantitative estimate of drug-likeness (QED) is 0.664. The summed E-state index contributed by atoms with van der Waals surface area (Å²) in [5.41, 5.74) is 0.150. The summed E-state index contributed by atoms with van der Waals surface area (Å²) < 4.78 is 5.66. The summed E-state index contributed by atoms with van der Waals surface area (Å²) in [7, 11) is 7.98. The number of hydrogen-bond donors (Lipinski definition) is 0. The van der Waals surface area contributed by atoms with Gasteiger partial charge in [0.25, 0.3) is 0 Å². The Morgan fingerprint density at radius 2 is 1.47 bits per heavy atom. The fourth-order valence-electron chi connectivity index (χ4n) is 2.23. The van der Waals surface area contributed by atoms with Crippen molar-refractivity contribution in [1.29, 1.82) is 0 Å². The van der Waals surface area contributed by atoms with E-state index in [2.05, 4.69) is 30.6 Å². The number of hydrogen-bond acceptors (Lipinski definition) is 4. The second-order valence-corrected chi connectivity index (χ2v) is 7.25. The lowest BCUT2D eigenvalue weighted by Crippen LogP contribution is -2.39. The third-order valence-electron chi connectivity index (χ3n) is 2.74. The van der Waals surface area contributed by atoms with Gasteiger partial charge in [-0.1, -0.05) is 27.7 Å². The standard InChI is InChI=1S/C15H32N2O2/c1-12(9-15(2,3)4)14(18)19-13(10-16(5)6)11-17(7)8/h12-13H,9-11H2,1-8H3. The van der Waals surface area contributed by atoms with Crippen LogP contribution in [0.2, 0.25) is 0 Å². The normalized spacial score (nSPS) is 14.3. The van der Waals surface area contributed by atoms with E-state index in [0.717, 1.165) is 19.5 Å². The number of ether oxygens (including phenoxy) is 1. The van der Waals surface area contributed by atoms with Crippen LogP contribution in [-0.2, 0) is 9.53 Å². The van der Waals surface area contributed by atoms with E-state index in [1.165, 1.54) is 0 Å². The molecule has 0 rings (SSSR count). The molecule has 0 aromatic rings. The van der Waals surface area contributed by atoms with Gasteiger partial charge in [0, 0.05) is 13.1 Å². The summed E-state index contributed by atoms with van der Waals surface area (Å²) in [5.74, 6) is -0.129. The SMILES string of the molecule is CC(CC(C)(C)C)C(=O)OC(CN(C)C)CN(C)C. The number of esters is 1. The second-order valence-electron chi connectivity index (χ2n) is 7.25. The molecular weight excluding hydrogens is 240 g/mol. The minimum atomic E-state index is -0.0800. The molecule has 0 heterocycles. The maximum absolute atomic E-state index is 12.1. The molecule has 0 aliphatic rings. The molecule has 0 aromatic heterocycles. The average Bonchev–Trinajstić information content (AvgIpc) is 2.11. The fourth-order valence-corrected chi connectivity index (χ4v) is 2.23. The van der Waals surface area contributed by atoms with Crippen LogP contribution in [0.5, 0.6) is 0 Å². The summed E-state index contributed by atoms with van der Waals surface area (Å²) >= 11 is 0. The Labute approximate surface area is 119 Å². The summed E-state index contributed by atoms with van der Waals surface area (Å²) in [5, 5.41) is 0. The maximum atomic E-state index is 12.1. The van der Waals surface area contributed by atoms with Crippen LogP contribution in [0.4, 0.5) is 0 Å². The largest absolute Gasteiger partial charge is 0.459 e. The van der Waals surface area contributed by atoms with Crippen molar-refractivity contribution in [1.82, 2.24) is 9.80 Å². The predicted octanol–water partition coefficient (Wildman–Crippen LogP) is 2.09. The molecule has 0 N–H and O–H groups in total. The highest BCUT2D eigenvalue weighted by Crippen LogP contribution is 2.25. The number of rotatable bonds is 7. The molecule has 0 amide bonds. The van der Waals surface area contributed by atoms with E-state index in [1.807, 2.05) is 35.1 Å². The minimum Gasteiger partial charge on any atom is -0.459 e. The molecule has 0 aliphatic heterocycles. The Kier molecular flexibility index (Phi) is 7.60. The highest BCUT2D eigenvalue weighted by molar-refractivity contribution is 5.72. The van der Waals surface area contributed by atoms with Crippen LogP contribution in [-0.4, -0.2) is 63.2 Å². The van der Waals surface area contributed by atoms with Crippen molar-refractivity contribution in [3.63, 3.8) is 0 Å². The molecule has 0 spiro atoms. The molecule has 19 heavy (non-hydrogen) atoms. The van der Waals surface area contributed by atoms with Gasteiger partial charge in [-0.3, -0.25) is 4.79 Å². The number of carbonyl (C=O) groups excluding carboxylic acids is 1. The van der Waals surface area contributed by atoms with Crippen LogP contribution in [0, 0.1) is 11.3 Å². The molecule has 0 radical (unpaired) electrons. The van der Waals surface area contributed by atoms with Crippen LogP contribution in [0.3, 0.4) is 0 Å². The van der Waals surface area contributed by atoms with E-state index in [9.17, 15) is 4.79 Å². The summed E-state index contributed by atoms with van der Waals surface area (Å²) in [4.78, 5) is 16.2. The van der Waals surface area contributed by atoms with Crippen molar-refractivity contribution in [2.45, 2.75) is 40.2 Å². The molecule has 0 saturated heterocycles. The van der Waals surface area contributed by atoms with Crippen molar-refractivity contribution >= 4 is 5.97 Å². The maximum Gasteiger partial charge on any atom is 0.309 e. The van der Waals surface area contributed by atoms with E-state index in [-0.39, 0.29) is 23.4 Å². The molecule has 0 fully saturated rings. The Morgan fingerprint density at radius 1 is 1.05 bits per heavy atom. The van der Waals surface area contributed by atoms with E-state index in [1.54, 1.807) is 0 Å². The summed E-state index contributed by atoms with van der Waals surface area (Å²) in [6, 6.07) is 0. The lowest BCUT2D eigenvalue weighted by Gasteiger charge is -2.27. The van der Waals surface area contributed by atoms with Gasteiger partial charge >= 0.3 is 5.97 Å². The highest BCUT2D eigenvalue weighted by Gasteiger charge is 2.25. The second kappa shape index (κ2) is 7.85. The van der Waals surface area contributed by atoms with Crippen molar-refractivity contribution < 1.29 is 9.53 Å². The zero-order chi connectivity index (χ0) is 15.2. The first kappa shape index (κ1) is 18.4. The highest BCUT2D eigenvalue weighted by atomic mass is 16.5. The number of nitrogens with zero attached hydrogens (tertiary/aromatic N) is 2. The Balaban J connectivity index is 4.44. The van der Waals surface area contributed by atoms with Gasteiger partial charge in [0.1, 0.15) is 6.10 Å². The Bertz CT molecular complexity index is 260. The first-order chi connectivity index (χ1) is 8.51. The first-order valence-corrected chi connectivity index (χ1v) is 7.01. The van der Waals surface area contributed by atoms with Crippen LogP contribution in [0.25, 0.3) is 0 Å². The third kappa shape index (κ3) is 9.91. The van der Waals surface area contributed by atoms with Gasteiger partial charge in [0.15, 0.2) is 0 Å². The molecule has 1 atom stereocenters. The van der Waals surface area contributed by atoms with Gasteiger partial charge in [-0.2, -0.15) is 0 Å². The lowest BCUT2D eigenvalue weighted by molar-refractivity contribution is -0.155. The van der Waals surface area contributed by atoms with Crippen LogP contribution in [0.15, 0.2) is 0 Å². The van der Waals surface area contributed by atoms with E-state index < -0.39 is 0 Å². The van der Waals surface area contributed by atoms with Crippen LogP contribution < -0.4 is 0 Å². The first-order valence-electron chi connectivity index (χ1n) is 7.01. The van der Waals surface area contributed by atoms with E-state index in [4.69, 9.17) is 4.74 Å². The molecule has 0 saturated carbocycles. The van der Waals surface area contributed by atoms with Crippen molar-refractivity contribution in [2.75, 3.05) is 41.3 Å². The molecule has 4 nitrogen and oxygen atoms in total. The topological polar surface area (TPSA) is 32.8 Å². The van der Waals surface area contributed by atoms with Gasteiger partial charge in [0.2, 0.25) is 0 Å². The number of carbonyl (C=O) groups is 1. The zero-order valence-electron chi connectivity index (χ0n) is 14.0. The molecule has 1 unspecified atom stereocenters. The molecule has 4 heteroatoms. The Morgan fingerprint density at radius 3 is 1.79 bits per heavy atom. The third-order valence-corrected chi connectivity index (χ3v) is 2.74. The fraction of sp³-hybridized carbons (Fsp3) is 0.933. The molecular formula is C15H32N2O2.